The Labute approximate surface area is 375 Å². The predicted molar refractivity (Wildman–Crippen MR) is 247 cm³/mol. The normalized spacial score (nSPS) is 10.8. The lowest BCUT2D eigenvalue weighted by Gasteiger charge is -2.08. The number of nitrogens with two attached hydrogens (primary N) is 2. The zero-order valence-corrected chi connectivity index (χ0v) is 35.5. The molecular weight excluding hydrogens is 775 g/mol. The molecule has 0 spiro atoms. The van der Waals surface area contributed by atoms with Crippen LogP contribution < -0.4 is 43.2 Å². The Morgan fingerprint density at radius 3 is 1.89 bits per heavy atom. The molecule has 14 nitrogen and oxygen atoms in total. The summed E-state index contributed by atoms with van der Waals surface area (Å²) < 4.78 is 105. The summed E-state index contributed by atoms with van der Waals surface area (Å²) in [5, 5.41) is 5.91. The third-order valence-corrected chi connectivity index (χ3v) is 7.44. The summed E-state index contributed by atoms with van der Waals surface area (Å²) >= 11 is 1.61. The molecule has 0 saturated heterocycles. The molecule has 3 radical (unpaired) electrons. The van der Waals surface area contributed by atoms with E-state index in [4.69, 9.17) is 60.4 Å². The third-order valence-electron chi connectivity index (χ3n) is 6.66. The molecule has 0 atom stereocenters. The van der Waals surface area contributed by atoms with Gasteiger partial charge in [0.1, 0.15) is 17.9 Å². The smallest absolute Gasteiger partial charge is 0.344 e. The summed E-state index contributed by atoms with van der Waals surface area (Å²) in [6.07, 6.45) is 2.09. The zero-order valence-electron chi connectivity index (χ0n) is 47.9. The lowest BCUT2D eigenvalue weighted by molar-refractivity contribution is -0.154. The van der Waals surface area contributed by atoms with Crippen molar-refractivity contribution in [3.63, 3.8) is 0 Å². The molecule has 0 fully saturated rings. The number of aliphatic imine (C=N–C) groups is 1. The minimum atomic E-state index is -0.349. The van der Waals surface area contributed by atoms with E-state index in [1.54, 1.807) is 71.0 Å². The van der Waals surface area contributed by atoms with Gasteiger partial charge in [-0.25, -0.2) is 10.4 Å². The third kappa shape index (κ3) is 21.0. The second-order valence-electron chi connectivity index (χ2n) is 10.5. The molecule has 57 heavy (non-hydrogen) atoms. The fourth-order valence-electron chi connectivity index (χ4n) is 4.36. The van der Waals surface area contributed by atoms with E-state index in [2.05, 4.69) is 14.7 Å². The first-order chi connectivity index (χ1) is 33.5. The number of H-pyrrole nitrogens is 1. The number of nitrogen functional groups attached to an aromatic ring is 1. The molecule has 0 unspecified atom stereocenters. The number of fused-ring (bicyclic) bond motifs is 1. The monoisotopic (exact) mass is 870 g/mol. The number of hydrogen-bond donors (Lipinski definition) is 3. The highest BCUT2D eigenvalue weighted by atomic mass is 35.5. The number of nitrogens with one attached hydrogen (secondary N) is 1. The topological polar surface area (TPSA) is 196 Å². The second kappa shape index (κ2) is 31.8. The van der Waals surface area contributed by atoms with Crippen molar-refractivity contribution in [1.29, 1.82) is 0 Å². The first-order valence-corrected chi connectivity index (χ1v) is 18.8. The molecule has 1 aromatic heterocycles. The number of pyridine rings is 1. The Hall–Kier alpha value is -5.35. The molecule has 3 aromatic carbocycles. The number of carbonyl (C=O) groups is 2. The minimum Gasteiger partial charge on any atom is -1.00 e. The van der Waals surface area contributed by atoms with Gasteiger partial charge in [0.25, 0.3) is 0 Å². The Balaban J connectivity index is -0.0000000573. The van der Waals surface area contributed by atoms with Crippen LogP contribution in [0.25, 0.3) is 10.9 Å². The van der Waals surface area contributed by atoms with Crippen molar-refractivity contribution in [3.05, 3.63) is 83.0 Å². The Morgan fingerprint density at radius 1 is 0.789 bits per heavy atom. The molecule has 0 aliphatic carbocycles. The van der Waals surface area contributed by atoms with Gasteiger partial charge < -0.3 is 56.3 Å². The van der Waals surface area contributed by atoms with Crippen molar-refractivity contribution in [2.24, 2.45) is 4.99 Å². The largest absolute Gasteiger partial charge is 1.00 e. The number of thioether (sulfide) groups is 1. The molecule has 17 heteroatoms. The fourth-order valence-corrected chi connectivity index (χ4v) is 4.90. The number of rotatable bonds is 14. The van der Waals surface area contributed by atoms with E-state index in [-0.39, 0.29) is 62.6 Å². The summed E-state index contributed by atoms with van der Waals surface area (Å²) in [5.74, 6) is 1.77. The van der Waals surface area contributed by atoms with Gasteiger partial charge in [0.15, 0.2) is 23.6 Å². The number of hydrogen-bond acceptors (Lipinski definition) is 13. The first kappa shape index (κ1) is 41.3. The number of para-hydroxylation sites is 4. The zero-order chi connectivity index (χ0) is 55.0. The molecule has 333 valence electrons. The predicted octanol–water partition coefficient (Wildman–Crippen LogP) is 5.10. The summed E-state index contributed by atoms with van der Waals surface area (Å²) in [6.45, 7) is 11.2. The van der Waals surface area contributed by atoms with Gasteiger partial charge in [-0.3, -0.25) is 14.4 Å². The van der Waals surface area contributed by atoms with Crippen LogP contribution in [0.4, 0.5) is 11.4 Å². The molecule has 4 rings (SSSR count). The maximum absolute atomic E-state index is 11.8. The van der Waals surface area contributed by atoms with Crippen LogP contribution in [0.2, 0.25) is 0 Å². The molecule has 0 amide bonds. The van der Waals surface area contributed by atoms with Gasteiger partial charge in [0, 0.05) is 51.3 Å². The summed E-state index contributed by atoms with van der Waals surface area (Å²) in [6, 6.07) is 21.9. The van der Waals surface area contributed by atoms with E-state index < -0.39 is 0 Å². The molecule has 0 aliphatic rings. The van der Waals surface area contributed by atoms with Crippen LogP contribution in [0, 0.1) is 0 Å². The van der Waals surface area contributed by atoms with Gasteiger partial charge in [-0.1, -0.05) is 30.3 Å². The van der Waals surface area contributed by atoms with Crippen LogP contribution in [0.3, 0.4) is 0 Å². The highest BCUT2D eigenvalue weighted by Gasteiger charge is 2.12. The van der Waals surface area contributed by atoms with Crippen LogP contribution in [-0.4, -0.2) is 90.6 Å². The summed E-state index contributed by atoms with van der Waals surface area (Å²) in [7, 11) is 3.17. The lowest BCUT2D eigenvalue weighted by atomic mass is 10.2. The van der Waals surface area contributed by atoms with E-state index in [0.29, 0.717) is 67.2 Å². The summed E-state index contributed by atoms with van der Waals surface area (Å²) in [4.78, 5) is 42.5. The maximum Gasteiger partial charge on any atom is 0.344 e. The van der Waals surface area contributed by atoms with Gasteiger partial charge >= 0.3 is 17.8 Å². The number of aromatic nitrogens is 1. The number of aromatic amines is 1. The van der Waals surface area contributed by atoms with Crippen molar-refractivity contribution in [1.82, 2.24) is 4.98 Å². The van der Waals surface area contributed by atoms with Crippen molar-refractivity contribution in [2.45, 2.75) is 52.4 Å². The highest BCUT2D eigenvalue weighted by molar-refractivity contribution is 7.98. The van der Waals surface area contributed by atoms with Gasteiger partial charge in [-0.05, 0) is 77.3 Å². The first-order valence-electron chi connectivity index (χ1n) is 24.6. The van der Waals surface area contributed by atoms with Crippen molar-refractivity contribution in [2.75, 3.05) is 59.2 Å². The van der Waals surface area contributed by atoms with Gasteiger partial charge in [0.2, 0.25) is 0 Å². The highest BCUT2D eigenvalue weighted by Crippen LogP contribution is 2.28. The quantitative estimate of drug-likeness (QED) is 0.0380. The maximum atomic E-state index is 11.8. The Bertz CT molecular complexity index is 1910. The van der Waals surface area contributed by atoms with Gasteiger partial charge in [-0.2, -0.15) is 0 Å². The van der Waals surface area contributed by atoms with Crippen LogP contribution in [-0.2, 0) is 28.5 Å². The number of methoxy groups -OCH3 is 2. The van der Waals surface area contributed by atoms with E-state index in [0.717, 1.165) is 16.3 Å². The number of ether oxygens (including phenoxy) is 7. The number of carbonyl (C=O) groups excluding carboxylic acids is 2. The molecule has 5 N–H and O–H groups in total. The average molecular weight is 871 g/mol. The number of nitrogens with zero attached hydrogens (tertiary/aromatic N) is 1. The standard InChI is InChI=1S/C14H19NO3S.C12H13NO3.C7H13NO3.C7H9NO.B.ClH.11H2/c1-4-17-13(10-14(16)18-5-2)15-11-8-6-7-9-12(11)19-3;1-3-16-11-7-9(14)8-5-4-6-10(15-2)12(8)13-11;1-3-10-6(8)5-7(9)11-4-2;1-9-7-5-3-2-4-6(7)8;;;;;;;;;;;;;/h6-9H,4-5,10H2,1-3H3;4-7H,3H2,1-2H3,(H,13,14);8H,3-5H2,1-2H3;2-5H,8H2,1H3;;12*1H/i;;;;;;7*1+1D;4*1+1. The van der Waals surface area contributed by atoms with Crippen LogP contribution in [0.5, 0.6) is 17.4 Å². The van der Waals surface area contributed by atoms with E-state index >= 15 is 0 Å². The van der Waals surface area contributed by atoms with E-state index in [1.807, 2.05) is 62.6 Å². The van der Waals surface area contributed by atoms with Crippen molar-refractivity contribution in [3.8, 4) is 17.4 Å². The molecule has 1 heterocycles. The van der Waals surface area contributed by atoms with E-state index in [9.17, 15) is 14.4 Å². The Morgan fingerprint density at radius 2 is 1.35 bits per heavy atom. The Kier molecular flexibility index (Phi) is 23.0. The molecule has 0 saturated carbocycles. The van der Waals surface area contributed by atoms with E-state index in [1.165, 1.54) is 6.07 Å². The average Bonchev–Trinajstić information content (AvgIpc) is 3.39. The van der Waals surface area contributed by atoms with Gasteiger partial charge in [0.05, 0.1) is 64.1 Å². The lowest BCUT2D eigenvalue weighted by Crippen LogP contribution is -3.00. The van der Waals surface area contributed by atoms with Crippen molar-refractivity contribution < 1.29 is 87.1 Å². The molecular formula is C40H77BClN4O10S. The van der Waals surface area contributed by atoms with Crippen molar-refractivity contribution >= 4 is 66.2 Å². The number of esters is 2. The number of halogens is 1. The van der Waals surface area contributed by atoms with Crippen LogP contribution >= 0.6 is 11.8 Å². The summed E-state index contributed by atoms with van der Waals surface area (Å²) in [5.41, 5.74) is 7.59. The molecule has 4 aromatic rings. The van der Waals surface area contributed by atoms with Gasteiger partial charge in [-0.15, -0.1) is 11.8 Å². The van der Waals surface area contributed by atoms with Crippen LogP contribution in [0.15, 0.2) is 87.5 Å². The molecule has 0 bridgehead atoms. The molecule has 0 aliphatic heterocycles. The fraction of sp³-hybridized carbons (Fsp3) is 0.375. The SMILES string of the molecule is CCOC(=O)CC(=Nc1ccccc1SC)OCC.CCOC(=[NH2+])CC(=O)OCC.CCOc1cc(=O)c2cccc(OC)c2[nH]1.COc1ccccc1N.[2HH].[2HH].[2HH].[2HH].[2H][2H].[2H][2H].[2H][2H].[2H][2H].[2H][2H].[2H][2H].[2H][2H].[B].[Cl-]. The number of benzene rings is 3. The second-order valence-corrected chi connectivity index (χ2v) is 11.4. The number of anilines is 1. The van der Waals surface area contributed by atoms with Crippen LogP contribution in [0.1, 0.15) is 74.0 Å². The minimum absolute atomic E-state index is 0.